The maximum atomic E-state index is 9.40. The number of likely N-dealkylation sites (N-methyl/N-ethyl adjacent to an activating group) is 1. The lowest BCUT2D eigenvalue weighted by atomic mass is 9.98. The standard InChI is InChI=1S/C29H34N2O3/c1-3-14-31(2)19-27-17-28(23-12-10-21(20-32)11-13-23)34-29(33-27)26-9-5-8-25(16-26)24-7-4-6-22(15-24)18-30/h3-13,15-16,27-29,32H,1,14,17-20,30H2,2H3/t27-,28+,29+/m1/s1. The fraction of sp³-hybridized carbons (Fsp3) is 0.310. The van der Waals surface area contributed by atoms with Gasteiger partial charge in [-0.05, 0) is 47.0 Å². The second-order valence-electron chi connectivity index (χ2n) is 8.89. The summed E-state index contributed by atoms with van der Waals surface area (Å²) in [6.07, 6.45) is 2.10. The van der Waals surface area contributed by atoms with E-state index in [4.69, 9.17) is 15.2 Å². The van der Waals surface area contributed by atoms with Gasteiger partial charge in [0.25, 0.3) is 0 Å². The maximum absolute atomic E-state index is 9.40. The van der Waals surface area contributed by atoms with Crippen LogP contribution in [0.25, 0.3) is 11.1 Å². The molecule has 0 aliphatic carbocycles. The Kier molecular flexibility index (Phi) is 8.27. The first-order valence-corrected chi connectivity index (χ1v) is 11.8. The molecule has 0 bridgehead atoms. The van der Waals surface area contributed by atoms with Crippen molar-refractivity contribution < 1.29 is 14.6 Å². The highest BCUT2D eigenvalue weighted by molar-refractivity contribution is 5.65. The molecule has 0 saturated carbocycles. The van der Waals surface area contributed by atoms with Crippen LogP contribution in [-0.2, 0) is 22.6 Å². The monoisotopic (exact) mass is 458 g/mol. The number of aliphatic hydroxyl groups is 1. The summed E-state index contributed by atoms with van der Waals surface area (Å²) in [7, 11) is 2.08. The molecule has 0 amide bonds. The summed E-state index contributed by atoms with van der Waals surface area (Å²) < 4.78 is 13.0. The molecular weight excluding hydrogens is 424 g/mol. The predicted octanol–water partition coefficient (Wildman–Crippen LogP) is 4.97. The van der Waals surface area contributed by atoms with Crippen LogP contribution >= 0.6 is 0 Å². The van der Waals surface area contributed by atoms with Crippen LogP contribution in [0, 0.1) is 0 Å². The Morgan fingerprint density at radius 2 is 1.71 bits per heavy atom. The van der Waals surface area contributed by atoms with Crippen molar-refractivity contribution in [2.45, 2.75) is 38.1 Å². The van der Waals surface area contributed by atoms with Crippen molar-refractivity contribution in [2.24, 2.45) is 5.73 Å². The number of hydrogen-bond donors (Lipinski definition) is 2. The molecule has 5 nitrogen and oxygen atoms in total. The lowest BCUT2D eigenvalue weighted by Crippen LogP contribution is -2.37. The van der Waals surface area contributed by atoms with Crippen molar-refractivity contribution in [2.75, 3.05) is 20.1 Å². The molecule has 1 aliphatic rings. The molecule has 5 heteroatoms. The molecule has 3 N–H and O–H groups in total. The van der Waals surface area contributed by atoms with E-state index in [0.29, 0.717) is 6.54 Å². The zero-order valence-corrected chi connectivity index (χ0v) is 19.8. The third-order valence-electron chi connectivity index (χ3n) is 6.23. The van der Waals surface area contributed by atoms with Gasteiger partial charge in [-0.25, -0.2) is 0 Å². The summed E-state index contributed by atoms with van der Waals surface area (Å²) in [6, 6.07) is 24.6. The first kappa shape index (κ1) is 24.3. The van der Waals surface area contributed by atoms with Gasteiger partial charge in [0, 0.05) is 31.6 Å². The van der Waals surface area contributed by atoms with Crippen LogP contribution in [0.1, 0.15) is 41.1 Å². The molecule has 34 heavy (non-hydrogen) atoms. The zero-order valence-electron chi connectivity index (χ0n) is 19.8. The van der Waals surface area contributed by atoms with Gasteiger partial charge in [0.1, 0.15) is 0 Å². The molecule has 178 valence electrons. The lowest BCUT2D eigenvalue weighted by Gasteiger charge is -2.37. The normalized spacial score (nSPS) is 20.4. The van der Waals surface area contributed by atoms with Crippen LogP contribution in [0.4, 0.5) is 0 Å². The molecule has 0 aromatic heterocycles. The average molecular weight is 459 g/mol. The number of aliphatic hydroxyl groups excluding tert-OH is 1. The second-order valence-corrected chi connectivity index (χ2v) is 8.89. The Labute approximate surface area is 202 Å². The van der Waals surface area contributed by atoms with Gasteiger partial charge in [-0.15, -0.1) is 6.58 Å². The highest BCUT2D eigenvalue weighted by Gasteiger charge is 2.32. The van der Waals surface area contributed by atoms with Gasteiger partial charge >= 0.3 is 0 Å². The Morgan fingerprint density at radius 3 is 2.41 bits per heavy atom. The quantitative estimate of drug-likeness (QED) is 0.443. The van der Waals surface area contributed by atoms with E-state index in [0.717, 1.165) is 52.9 Å². The first-order valence-electron chi connectivity index (χ1n) is 11.8. The molecule has 0 unspecified atom stereocenters. The molecule has 3 atom stereocenters. The van der Waals surface area contributed by atoms with Crippen LogP contribution < -0.4 is 5.73 Å². The topological polar surface area (TPSA) is 68.0 Å². The number of hydrogen-bond acceptors (Lipinski definition) is 5. The summed E-state index contributed by atoms with van der Waals surface area (Å²) in [6.45, 7) is 5.98. The van der Waals surface area contributed by atoms with Crippen LogP contribution in [0.2, 0.25) is 0 Å². The van der Waals surface area contributed by atoms with Crippen molar-refractivity contribution in [1.82, 2.24) is 4.90 Å². The van der Waals surface area contributed by atoms with Crippen LogP contribution in [0.3, 0.4) is 0 Å². The van der Waals surface area contributed by atoms with E-state index in [2.05, 4.69) is 48.9 Å². The largest absolute Gasteiger partial charge is 0.392 e. The van der Waals surface area contributed by atoms with Crippen molar-refractivity contribution in [3.63, 3.8) is 0 Å². The van der Waals surface area contributed by atoms with Crippen LogP contribution in [-0.4, -0.2) is 36.2 Å². The van der Waals surface area contributed by atoms with E-state index in [-0.39, 0.29) is 18.8 Å². The van der Waals surface area contributed by atoms with Gasteiger partial charge in [0.05, 0.1) is 18.8 Å². The summed E-state index contributed by atoms with van der Waals surface area (Å²) in [5.41, 5.74) is 12.1. The summed E-state index contributed by atoms with van der Waals surface area (Å²) >= 11 is 0. The Hall–Kier alpha value is -2.80. The van der Waals surface area contributed by atoms with Crippen molar-refractivity contribution in [3.05, 3.63) is 108 Å². The van der Waals surface area contributed by atoms with Crippen LogP contribution in [0.5, 0.6) is 0 Å². The third-order valence-corrected chi connectivity index (χ3v) is 6.23. The Balaban J connectivity index is 1.61. The maximum Gasteiger partial charge on any atom is 0.184 e. The Morgan fingerprint density at radius 1 is 0.971 bits per heavy atom. The van der Waals surface area contributed by atoms with E-state index >= 15 is 0 Å². The van der Waals surface area contributed by atoms with Crippen LogP contribution in [0.15, 0.2) is 85.5 Å². The minimum absolute atomic E-state index is 0.00967. The molecule has 0 radical (unpaired) electrons. The van der Waals surface area contributed by atoms with Crippen molar-refractivity contribution in [3.8, 4) is 11.1 Å². The zero-order chi connectivity index (χ0) is 23.9. The lowest BCUT2D eigenvalue weighted by molar-refractivity contribution is -0.252. The van der Waals surface area contributed by atoms with Gasteiger partial charge in [0.15, 0.2) is 6.29 Å². The fourth-order valence-electron chi connectivity index (χ4n) is 4.42. The fourth-order valence-corrected chi connectivity index (χ4v) is 4.42. The van der Waals surface area contributed by atoms with Crippen molar-refractivity contribution in [1.29, 1.82) is 0 Å². The predicted molar refractivity (Wildman–Crippen MR) is 136 cm³/mol. The van der Waals surface area contributed by atoms with Gasteiger partial charge < -0.3 is 25.2 Å². The molecule has 0 spiro atoms. The number of ether oxygens (including phenoxy) is 2. The highest BCUT2D eigenvalue weighted by atomic mass is 16.7. The van der Waals surface area contributed by atoms with Crippen molar-refractivity contribution >= 4 is 0 Å². The molecular formula is C29H34N2O3. The molecule has 1 saturated heterocycles. The third kappa shape index (κ3) is 6.00. The number of rotatable bonds is 9. The first-order chi connectivity index (χ1) is 16.6. The van der Waals surface area contributed by atoms with Gasteiger partial charge in [-0.1, -0.05) is 66.7 Å². The SMILES string of the molecule is C=CCN(C)C[C@H]1C[C@@H](c2ccc(CO)cc2)O[C@@H](c2cccc(-c3cccc(CN)c3)c2)O1. The number of nitrogens with zero attached hydrogens (tertiary/aromatic N) is 1. The second kappa shape index (κ2) is 11.6. The van der Waals surface area contributed by atoms with Gasteiger partial charge in [0.2, 0.25) is 0 Å². The van der Waals surface area contributed by atoms with E-state index in [1.807, 2.05) is 48.5 Å². The minimum atomic E-state index is -0.476. The molecule has 1 heterocycles. The van der Waals surface area contributed by atoms with E-state index in [1.54, 1.807) is 0 Å². The molecule has 3 aromatic rings. The van der Waals surface area contributed by atoms with E-state index in [9.17, 15) is 5.11 Å². The molecule has 1 fully saturated rings. The molecule has 1 aliphatic heterocycles. The molecule has 3 aromatic carbocycles. The number of benzene rings is 3. The summed E-state index contributed by atoms with van der Waals surface area (Å²) in [4.78, 5) is 2.21. The average Bonchev–Trinajstić information content (AvgIpc) is 2.89. The smallest absolute Gasteiger partial charge is 0.184 e. The highest BCUT2D eigenvalue weighted by Crippen LogP contribution is 2.39. The van der Waals surface area contributed by atoms with Gasteiger partial charge in [-0.3, -0.25) is 0 Å². The summed E-state index contributed by atoms with van der Waals surface area (Å²) in [5, 5.41) is 9.40. The van der Waals surface area contributed by atoms with Gasteiger partial charge in [-0.2, -0.15) is 0 Å². The number of nitrogens with two attached hydrogens (primary N) is 1. The summed E-state index contributed by atoms with van der Waals surface area (Å²) in [5.74, 6) is 0. The molecule has 4 rings (SSSR count). The van der Waals surface area contributed by atoms with E-state index in [1.165, 1.54) is 0 Å². The van der Waals surface area contributed by atoms with E-state index < -0.39 is 6.29 Å². The minimum Gasteiger partial charge on any atom is -0.392 e. The Bertz CT molecular complexity index is 1080.